The van der Waals surface area contributed by atoms with Crippen LogP contribution in [0.15, 0.2) is 24.3 Å². The third-order valence-electron chi connectivity index (χ3n) is 3.58. The lowest BCUT2D eigenvalue weighted by molar-refractivity contribution is 0.0600. The quantitative estimate of drug-likeness (QED) is 0.773. The Morgan fingerprint density at radius 1 is 1.44 bits per heavy atom. The lowest BCUT2D eigenvalue weighted by Gasteiger charge is -2.05. The molecule has 1 saturated carbocycles. The largest absolute Gasteiger partial charge is 0.465 e. The molecule has 0 amide bonds. The Morgan fingerprint density at radius 3 is 2.56 bits per heavy atom. The van der Waals surface area contributed by atoms with Crippen LogP contribution in [0.2, 0.25) is 0 Å². The number of esters is 1. The first kappa shape index (κ1) is 11.1. The van der Waals surface area contributed by atoms with Gasteiger partial charge < -0.3 is 10.5 Å². The molecule has 0 radical (unpaired) electrons. The van der Waals surface area contributed by atoms with E-state index in [1.807, 2.05) is 18.2 Å². The Bertz CT molecular complexity index is 426. The first-order chi connectivity index (χ1) is 7.48. The average Bonchev–Trinajstić information content (AvgIpc) is 2.77. The third kappa shape index (κ3) is 1.61. The molecule has 1 aliphatic rings. The molecule has 1 aromatic rings. The van der Waals surface area contributed by atoms with Gasteiger partial charge in [-0.15, -0.1) is 0 Å². The Morgan fingerprint density at radius 2 is 2.06 bits per heavy atom. The minimum atomic E-state index is -0.297. The topological polar surface area (TPSA) is 52.3 Å². The summed E-state index contributed by atoms with van der Waals surface area (Å²) in [6.07, 6.45) is 0. The van der Waals surface area contributed by atoms with Crippen LogP contribution in [0.25, 0.3) is 0 Å². The number of rotatable bonds is 2. The molecule has 3 heteroatoms. The number of nitrogens with two attached hydrogens (primary N) is 1. The molecule has 0 spiro atoms. The molecule has 0 aliphatic heterocycles. The van der Waals surface area contributed by atoms with Gasteiger partial charge in [0.1, 0.15) is 0 Å². The molecule has 2 rings (SSSR count). The van der Waals surface area contributed by atoms with E-state index in [1.165, 1.54) is 7.11 Å². The molecule has 0 saturated heterocycles. The van der Waals surface area contributed by atoms with Gasteiger partial charge in [0.05, 0.1) is 12.7 Å². The van der Waals surface area contributed by atoms with Crippen LogP contribution in [-0.4, -0.2) is 19.1 Å². The highest BCUT2D eigenvalue weighted by Gasteiger charge is 2.56. The number of benzene rings is 1. The van der Waals surface area contributed by atoms with Gasteiger partial charge in [-0.2, -0.15) is 0 Å². The SMILES string of the molecule is COC(=O)c1cccc(C2C(N)C2(C)C)c1. The second-order valence-electron chi connectivity index (χ2n) is 4.94. The van der Waals surface area contributed by atoms with E-state index in [2.05, 4.69) is 13.8 Å². The van der Waals surface area contributed by atoms with E-state index in [-0.39, 0.29) is 17.4 Å². The summed E-state index contributed by atoms with van der Waals surface area (Å²) >= 11 is 0. The Hall–Kier alpha value is -1.35. The molecule has 2 N–H and O–H groups in total. The van der Waals surface area contributed by atoms with Crippen molar-refractivity contribution in [1.82, 2.24) is 0 Å². The van der Waals surface area contributed by atoms with E-state index in [4.69, 9.17) is 10.5 Å². The van der Waals surface area contributed by atoms with E-state index in [0.717, 1.165) is 5.56 Å². The molecule has 2 unspecified atom stereocenters. The predicted octanol–water partition coefficient (Wildman–Crippen LogP) is 1.92. The number of carbonyl (C=O) groups is 1. The average molecular weight is 219 g/mol. The highest BCUT2D eigenvalue weighted by molar-refractivity contribution is 5.89. The summed E-state index contributed by atoms with van der Waals surface area (Å²) < 4.78 is 4.70. The summed E-state index contributed by atoms with van der Waals surface area (Å²) in [4.78, 5) is 11.4. The van der Waals surface area contributed by atoms with Gasteiger partial charge in [-0.25, -0.2) is 4.79 Å². The number of hydrogen-bond donors (Lipinski definition) is 1. The van der Waals surface area contributed by atoms with Crippen molar-refractivity contribution in [3.63, 3.8) is 0 Å². The molecule has 1 fully saturated rings. The second-order valence-corrected chi connectivity index (χ2v) is 4.94. The van der Waals surface area contributed by atoms with Crippen molar-refractivity contribution in [3.8, 4) is 0 Å². The van der Waals surface area contributed by atoms with Crippen molar-refractivity contribution in [2.24, 2.45) is 11.1 Å². The van der Waals surface area contributed by atoms with Crippen molar-refractivity contribution in [1.29, 1.82) is 0 Å². The molecule has 3 nitrogen and oxygen atoms in total. The van der Waals surface area contributed by atoms with E-state index in [1.54, 1.807) is 6.07 Å². The second kappa shape index (κ2) is 3.59. The van der Waals surface area contributed by atoms with Crippen LogP contribution in [0.3, 0.4) is 0 Å². The van der Waals surface area contributed by atoms with Crippen LogP contribution >= 0.6 is 0 Å². The zero-order valence-corrected chi connectivity index (χ0v) is 9.86. The van der Waals surface area contributed by atoms with E-state index < -0.39 is 0 Å². The molecule has 1 aliphatic carbocycles. The van der Waals surface area contributed by atoms with Crippen molar-refractivity contribution in [2.75, 3.05) is 7.11 Å². The summed E-state index contributed by atoms with van der Waals surface area (Å²) in [7, 11) is 1.39. The lowest BCUT2D eigenvalue weighted by Crippen LogP contribution is -2.06. The van der Waals surface area contributed by atoms with Crippen molar-refractivity contribution < 1.29 is 9.53 Å². The number of hydrogen-bond acceptors (Lipinski definition) is 3. The van der Waals surface area contributed by atoms with E-state index >= 15 is 0 Å². The predicted molar refractivity (Wildman–Crippen MR) is 62.3 cm³/mol. The molecular formula is C13H17NO2. The Balaban J connectivity index is 2.28. The Labute approximate surface area is 95.6 Å². The summed E-state index contributed by atoms with van der Waals surface area (Å²) in [5.41, 5.74) is 7.87. The minimum absolute atomic E-state index is 0.134. The van der Waals surface area contributed by atoms with Gasteiger partial charge in [-0.1, -0.05) is 26.0 Å². The minimum Gasteiger partial charge on any atom is -0.465 e. The number of ether oxygens (including phenoxy) is 1. The van der Waals surface area contributed by atoms with Gasteiger partial charge in [0.2, 0.25) is 0 Å². The molecule has 2 atom stereocenters. The van der Waals surface area contributed by atoms with Gasteiger partial charge in [0, 0.05) is 12.0 Å². The maximum absolute atomic E-state index is 11.4. The first-order valence-electron chi connectivity index (χ1n) is 5.42. The lowest BCUT2D eigenvalue weighted by atomic mass is 10.0. The number of methoxy groups -OCH3 is 1. The zero-order chi connectivity index (χ0) is 11.9. The van der Waals surface area contributed by atoms with Crippen LogP contribution in [0.5, 0.6) is 0 Å². The smallest absolute Gasteiger partial charge is 0.337 e. The fourth-order valence-electron chi connectivity index (χ4n) is 2.29. The van der Waals surface area contributed by atoms with Gasteiger partial charge in [-0.05, 0) is 23.1 Å². The molecule has 1 aromatic carbocycles. The molecule has 0 heterocycles. The molecular weight excluding hydrogens is 202 g/mol. The summed E-state index contributed by atoms with van der Waals surface area (Å²) in [5.74, 6) is 0.0472. The van der Waals surface area contributed by atoms with Gasteiger partial charge in [0.15, 0.2) is 0 Å². The van der Waals surface area contributed by atoms with Crippen LogP contribution in [-0.2, 0) is 4.74 Å². The fraction of sp³-hybridized carbons (Fsp3) is 0.462. The van der Waals surface area contributed by atoms with E-state index in [0.29, 0.717) is 11.5 Å². The number of carbonyl (C=O) groups excluding carboxylic acids is 1. The van der Waals surface area contributed by atoms with Gasteiger partial charge in [0.25, 0.3) is 0 Å². The van der Waals surface area contributed by atoms with Crippen molar-refractivity contribution >= 4 is 5.97 Å². The van der Waals surface area contributed by atoms with E-state index in [9.17, 15) is 4.79 Å². The summed E-state index contributed by atoms with van der Waals surface area (Å²) in [5, 5.41) is 0. The summed E-state index contributed by atoms with van der Waals surface area (Å²) in [6.45, 7) is 4.29. The maximum Gasteiger partial charge on any atom is 0.337 e. The molecule has 0 bridgehead atoms. The fourth-order valence-corrected chi connectivity index (χ4v) is 2.29. The summed E-state index contributed by atoms with van der Waals surface area (Å²) in [6, 6.07) is 7.72. The van der Waals surface area contributed by atoms with Gasteiger partial charge in [-0.3, -0.25) is 0 Å². The van der Waals surface area contributed by atoms with Crippen LogP contribution in [0, 0.1) is 5.41 Å². The molecule has 86 valence electrons. The zero-order valence-electron chi connectivity index (χ0n) is 9.86. The first-order valence-corrected chi connectivity index (χ1v) is 5.42. The Kier molecular flexibility index (Phi) is 2.50. The molecule has 16 heavy (non-hydrogen) atoms. The van der Waals surface area contributed by atoms with Crippen LogP contribution in [0.4, 0.5) is 0 Å². The molecule has 0 aromatic heterocycles. The van der Waals surface area contributed by atoms with Gasteiger partial charge >= 0.3 is 5.97 Å². The monoisotopic (exact) mass is 219 g/mol. The highest BCUT2D eigenvalue weighted by atomic mass is 16.5. The van der Waals surface area contributed by atoms with Crippen molar-refractivity contribution in [2.45, 2.75) is 25.8 Å². The van der Waals surface area contributed by atoms with Crippen LogP contribution in [0.1, 0.15) is 35.7 Å². The standard InChI is InChI=1S/C13H17NO2/c1-13(2)10(11(13)14)8-5-4-6-9(7-8)12(15)16-3/h4-7,10-11H,14H2,1-3H3. The third-order valence-corrected chi connectivity index (χ3v) is 3.58. The highest BCUT2D eigenvalue weighted by Crippen LogP contribution is 2.57. The maximum atomic E-state index is 11.4. The van der Waals surface area contributed by atoms with Crippen molar-refractivity contribution in [3.05, 3.63) is 35.4 Å². The van der Waals surface area contributed by atoms with Crippen LogP contribution < -0.4 is 5.73 Å². The normalized spacial score (nSPS) is 26.2.